The predicted molar refractivity (Wildman–Crippen MR) is 129 cm³/mol. The Morgan fingerprint density at radius 2 is 1.71 bits per heavy atom. The minimum absolute atomic E-state index is 0.0163. The zero-order chi connectivity index (χ0) is 26.0. The van der Waals surface area contributed by atoms with Crippen molar-refractivity contribution in [1.29, 1.82) is 0 Å². The van der Waals surface area contributed by atoms with Gasteiger partial charge in [-0.25, -0.2) is 12.8 Å². The molecule has 1 heterocycles. The van der Waals surface area contributed by atoms with E-state index in [0.29, 0.717) is 17.1 Å². The summed E-state index contributed by atoms with van der Waals surface area (Å²) in [6.45, 7) is 6.46. The molecule has 0 bridgehead atoms. The summed E-state index contributed by atoms with van der Waals surface area (Å²) in [6.07, 6.45) is 0.991. The Balaban J connectivity index is 1.91. The molecule has 1 N–H and O–H groups in total. The number of amides is 2. The zero-order valence-electron chi connectivity index (χ0n) is 20.4. The van der Waals surface area contributed by atoms with Gasteiger partial charge < -0.3 is 19.7 Å². The lowest BCUT2D eigenvalue weighted by molar-refractivity contribution is -0.140. The van der Waals surface area contributed by atoms with Crippen LogP contribution in [0.3, 0.4) is 0 Å². The topological polar surface area (TPSA) is 105 Å². The van der Waals surface area contributed by atoms with Crippen LogP contribution in [0.2, 0.25) is 0 Å². The Kier molecular flexibility index (Phi) is 7.59. The van der Waals surface area contributed by atoms with E-state index in [0.717, 1.165) is 10.6 Å². The number of halogens is 1. The average molecular weight is 508 g/mol. The van der Waals surface area contributed by atoms with Crippen molar-refractivity contribution >= 4 is 27.5 Å². The first-order valence-electron chi connectivity index (χ1n) is 11.0. The van der Waals surface area contributed by atoms with Gasteiger partial charge in [-0.2, -0.15) is 0 Å². The highest BCUT2D eigenvalue weighted by atomic mass is 32.2. The summed E-state index contributed by atoms with van der Waals surface area (Å²) in [4.78, 5) is 27.7. The van der Waals surface area contributed by atoms with Crippen LogP contribution < -0.4 is 19.1 Å². The number of fused-ring (bicyclic) bond motifs is 1. The molecule has 11 heteroatoms. The molecule has 1 atom stereocenters. The van der Waals surface area contributed by atoms with Gasteiger partial charge in [-0.15, -0.1) is 0 Å². The van der Waals surface area contributed by atoms with Crippen LogP contribution in [0, 0.1) is 5.82 Å². The van der Waals surface area contributed by atoms with Crippen molar-refractivity contribution in [2.45, 2.75) is 45.8 Å². The number of hydrogen-bond donors (Lipinski definition) is 1. The van der Waals surface area contributed by atoms with E-state index >= 15 is 0 Å². The largest absolute Gasteiger partial charge is 0.454 e. The summed E-state index contributed by atoms with van der Waals surface area (Å²) in [6, 6.07) is 9.17. The van der Waals surface area contributed by atoms with E-state index in [1.54, 1.807) is 13.0 Å². The molecule has 0 radical (unpaired) electrons. The number of sulfonamides is 1. The molecule has 0 aromatic heterocycles. The van der Waals surface area contributed by atoms with E-state index in [9.17, 15) is 22.4 Å². The van der Waals surface area contributed by atoms with Crippen molar-refractivity contribution in [3.05, 3.63) is 53.8 Å². The molecule has 3 rings (SSSR count). The number of ether oxygens (including phenoxy) is 2. The van der Waals surface area contributed by atoms with E-state index in [4.69, 9.17) is 9.47 Å². The quantitative estimate of drug-likeness (QED) is 0.589. The molecule has 2 amide bonds. The number of carbonyl (C=O) groups excluding carboxylic acids is 2. The molecule has 190 valence electrons. The lowest BCUT2D eigenvalue weighted by Gasteiger charge is -2.33. The maximum atomic E-state index is 13.5. The molecular formula is C24H30FN3O6S. The molecule has 2 aromatic rings. The summed E-state index contributed by atoms with van der Waals surface area (Å²) in [5.41, 5.74) is 0.268. The van der Waals surface area contributed by atoms with Gasteiger partial charge in [0.2, 0.25) is 28.6 Å². The van der Waals surface area contributed by atoms with Crippen molar-refractivity contribution in [2.75, 3.05) is 23.9 Å². The van der Waals surface area contributed by atoms with Crippen LogP contribution in [-0.4, -0.2) is 56.3 Å². The number of nitrogens with zero attached hydrogens (tertiary/aromatic N) is 2. The number of nitrogens with one attached hydrogen (secondary N) is 1. The molecule has 35 heavy (non-hydrogen) atoms. The Bertz CT molecular complexity index is 1190. The fourth-order valence-electron chi connectivity index (χ4n) is 3.50. The minimum Gasteiger partial charge on any atom is -0.454 e. The lowest BCUT2D eigenvalue weighted by Crippen LogP contribution is -2.54. The van der Waals surface area contributed by atoms with Crippen molar-refractivity contribution in [3.63, 3.8) is 0 Å². The minimum atomic E-state index is -3.88. The second kappa shape index (κ2) is 10.1. The van der Waals surface area contributed by atoms with Gasteiger partial charge in [0, 0.05) is 18.2 Å². The molecule has 1 aliphatic rings. The highest BCUT2D eigenvalue weighted by Gasteiger charge is 2.32. The van der Waals surface area contributed by atoms with Gasteiger partial charge in [0.1, 0.15) is 18.4 Å². The van der Waals surface area contributed by atoms with Crippen LogP contribution in [-0.2, 0) is 26.2 Å². The summed E-state index contributed by atoms with van der Waals surface area (Å²) >= 11 is 0. The molecule has 1 aliphatic heterocycles. The second-order valence-corrected chi connectivity index (χ2v) is 11.3. The van der Waals surface area contributed by atoms with Gasteiger partial charge in [0.25, 0.3) is 0 Å². The maximum Gasteiger partial charge on any atom is 0.244 e. The van der Waals surface area contributed by atoms with Crippen LogP contribution in [0.25, 0.3) is 0 Å². The van der Waals surface area contributed by atoms with Crippen molar-refractivity contribution in [1.82, 2.24) is 10.2 Å². The van der Waals surface area contributed by atoms with E-state index in [1.807, 2.05) is 20.8 Å². The molecule has 2 aromatic carbocycles. The zero-order valence-corrected chi connectivity index (χ0v) is 21.2. The Hall–Kier alpha value is -3.34. The number of hydrogen-bond acceptors (Lipinski definition) is 6. The standard InChI is InChI=1S/C24H30FN3O6S/c1-16(23(30)26-24(2,3)4)27(13-17-6-8-18(25)9-7-17)22(29)14-28(35(5,31)32)19-10-11-20-21(12-19)34-15-33-20/h6-12,16H,13-15H2,1-5H3,(H,26,30)/t16-/m1/s1. The Morgan fingerprint density at radius 3 is 2.31 bits per heavy atom. The van der Waals surface area contributed by atoms with E-state index < -0.39 is 45.8 Å². The van der Waals surface area contributed by atoms with Crippen molar-refractivity contribution in [2.24, 2.45) is 0 Å². The fraction of sp³-hybridized carbons (Fsp3) is 0.417. The van der Waals surface area contributed by atoms with E-state index in [-0.39, 0.29) is 19.0 Å². The summed E-state index contributed by atoms with van der Waals surface area (Å²) in [5, 5.41) is 2.84. The molecule has 9 nitrogen and oxygen atoms in total. The molecule has 0 spiro atoms. The molecule has 0 unspecified atom stereocenters. The number of anilines is 1. The highest BCUT2D eigenvalue weighted by Crippen LogP contribution is 2.36. The van der Waals surface area contributed by atoms with Crippen molar-refractivity contribution in [3.8, 4) is 11.5 Å². The van der Waals surface area contributed by atoms with Crippen LogP contribution in [0.15, 0.2) is 42.5 Å². The summed E-state index contributed by atoms with van der Waals surface area (Å²) < 4.78 is 50.2. The lowest BCUT2D eigenvalue weighted by atomic mass is 10.1. The first-order valence-corrected chi connectivity index (χ1v) is 12.8. The number of carbonyl (C=O) groups is 2. The van der Waals surface area contributed by atoms with Gasteiger partial charge >= 0.3 is 0 Å². The van der Waals surface area contributed by atoms with Gasteiger partial charge in [-0.1, -0.05) is 12.1 Å². The summed E-state index contributed by atoms with van der Waals surface area (Å²) in [5.74, 6) is -0.601. The van der Waals surface area contributed by atoms with Crippen LogP contribution in [0.5, 0.6) is 11.5 Å². The predicted octanol–water partition coefficient (Wildman–Crippen LogP) is 2.65. The van der Waals surface area contributed by atoms with Gasteiger partial charge in [0.15, 0.2) is 11.5 Å². The van der Waals surface area contributed by atoms with Crippen molar-refractivity contribution < 1.29 is 31.9 Å². The Morgan fingerprint density at radius 1 is 1.09 bits per heavy atom. The van der Waals surface area contributed by atoms with E-state index in [1.165, 1.54) is 41.3 Å². The molecular weight excluding hydrogens is 477 g/mol. The second-order valence-electron chi connectivity index (χ2n) is 9.37. The number of benzene rings is 2. The highest BCUT2D eigenvalue weighted by molar-refractivity contribution is 7.92. The third-order valence-corrected chi connectivity index (χ3v) is 6.40. The third kappa shape index (κ3) is 6.84. The first kappa shape index (κ1) is 26.3. The molecule has 0 saturated heterocycles. The van der Waals surface area contributed by atoms with Gasteiger partial charge in [0.05, 0.1) is 11.9 Å². The van der Waals surface area contributed by atoms with E-state index in [2.05, 4.69) is 5.32 Å². The van der Waals surface area contributed by atoms with Crippen LogP contribution in [0.1, 0.15) is 33.3 Å². The Labute approximate surface area is 204 Å². The average Bonchev–Trinajstić information content (AvgIpc) is 3.22. The molecule has 0 fully saturated rings. The summed E-state index contributed by atoms with van der Waals surface area (Å²) in [7, 11) is -3.88. The number of rotatable bonds is 8. The van der Waals surface area contributed by atoms with Gasteiger partial charge in [-0.05, 0) is 57.5 Å². The smallest absolute Gasteiger partial charge is 0.244 e. The SMILES string of the molecule is C[C@H](C(=O)NC(C)(C)C)N(Cc1ccc(F)cc1)C(=O)CN(c1ccc2c(c1)OCO2)S(C)(=O)=O. The maximum absolute atomic E-state index is 13.5. The monoisotopic (exact) mass is 507 g/mol. The normalized spacial score (nSPS) is 13.8. The fourth-order valence-corrected chi connectivity index (χ4v) is 4.34. The molecule has 0 saturated carbocycles. The first-order chi connectivity index (χ1) is 16.2. The van der Waals surface area contributed by atoms with Crippen LogP contribution in [0.4, 0.5) is 10.1 Å². The van der Waals surface area contributed by atoms with Crippen LogP contribution >= 0.6 is 0 Å². The third-order valence-electron chi connectivity index (χ3n) is 5.26. The molecule has 0 aliphatic carbocycles. The van der Waals surface area contributed by atoms with Gasteiger partial charge in [-0.3, -0.25) is 13.9 Å².